The first-order valence-corrected chi connectivity index (χ1v) is 14.8. The molecule has 0 amide bonds. The first-order valence-electron chi connectivity index (χ1n) is 14.0. The number of hydrogen-bond acceptors (Lipinski definition) is 7. The van der Waals surface area contributed by atoms with E-state index in [1.54, 1.807) is 11.5 Å². The van der Waals surface area contributed by atoms with E-state index in [1.807, 2.05) is 79.7 Å². The van der Waals surface area contributed by atoms with Crippen molar-refractivity contribution in [3.8, 4) is 11.5 Å². The predicted octanol–water partition coefficient (Wildman–Crippen LogP) is 5.54. The summed E-state index contributed by atoms with van der Waals surface area (Å²) < 4.78 is 19.3. The lowest BCUT2D eigenvalue weighted by atomic mass is 9.96. The van der Waals surface area contributed by atoms with Crippen LogP contribution in [0.15, 0.2) is 112 Å². The summed E-state index contributed by atoms with van der Waals surface area (Å²) in [5, 5.41) is 2.31. The Labute approximate surface area is 252 Å². The Bertz CT molecular complexity index is 2040. The summed E-state index contributed by atoms with van der Waals surface area (Å²) >= 11 is 1.28. The average molecular weight is 591 g/mol. The maximum absolute atomic E-state index is 13.9. The van der Waals surface area contributed by atoms with Gasteiger partial charge in [-0.2, -0.15) is 0 Å². The molecule has 0 N–H and O–H groups in total. The molecule has 216 valence electrons. The van der Waals surface area contributed by atoms with Gasteiger partial charge in [-0.3, -0.25) is 9.36 Å². The lowest BCUT2D eigenvalue weighted by Gasteiger charge is -2.24. The predicted molar refractivity (Wildman–Crippen MR) is 168 cm³/mol. The fraction of sp³-hybridized carbons (Fsp3) is 0.171. The Morgan fingerprint density at radius 2 is 1.72 bits per heavy atom. The second-order valence-corrected chi connectivity index (χ2v) is 11.1. The van der Waals surface area contributed by atoms with E-state index in [-0.39, 0.29) is 5.56 Å². The van der Waals surface area contributed by atoms with Crippen molar-refractivity contribution in [3.63, 3.8) is 0 Å². The molecule has 0 aliphatic carbocycles. The smallest absolute Gasteiger partial charge is 0.338 e. The molecular formula is C35H30N2O5S. The van der Waals surface area contributed by atoms with Gasteiger partial charge in [-0.1, -0.05) is 90.2 Å². The molecule has 7 nitrogen and oxygen atoms in total. The van der Waals surface area contributed by atoms with Gasteiger partial charge in [-0.25, -0.2) is 9.79 Å². The minimum atomic E-state index is -0.643. The zero-order valence-corrected chi connectivity index (χ0v) is 24.9. The lowest BCUT2D eigenvalue weighted by Crippen LogP contribution is -2.39. The van der Waals surface area contributed by atoms with E-state index < -0.39 is 12.0 Å². The number of carbonyl (C=O) groups is 1. The number of methoxy groups -OCH3 is 1. The zero-order valence-electron chi connectivity index (χ0n) is 24.1. The highest BCUT2D eigenvalue weighted by atomic mass is 32.1. The van der Waals surface area contributed by atoms with Gasteiger partial charge in [-0.15, -0.1) is 0 Å². The van der Waals surface area contributed by atoms with Gasteiger partial charge in [0, 0.05) is 0 Å². The number of rotatable bonds is 8. The molecule has 6 rings (SSSR count). The molecule has 0 fully saturated rings. The number of hydrogen-bond donors (Lipinski definition) is 0. The summed E-state index contributed by atoms with van der Waals surface area (Å²) in [5.41, 5.74) is 3.31. The summed E-state index contributed by atoms with van der Waals surface area (Å²) in [6.07, 6.45) is 1.82. The van der Waals surface area contributed by atoms with Crippen LogP contribution in [-0.4, -0.2) is 24.3 Å². The van der Waals surface area contributed by atoms with Gasteiger partial charge in [0.05, 0.1) is 35.6 Å². The van der Waals surface area contributed by atoms with Gasteiger partial charge in [-0.05, 0) is 59.5 Å². The van der Waals surface area contributed by atoms with Crippen LogP contribution >= 0.6 is 11.3 Å². The van der Waals surface area contributed by atoms with E-state index >= 15 is 0 Å². The van der Waals surface area contributed by atoms with E-state index in [0.29, 0.717) is 45.3 Å². The van der Waals surface area contributed by atoms with Crippen LogP contribution in [0, 0.1) is 0 Å². The van der Waals surface area contributed by atoms with Crippen molar-refractivity contribution in [2.24, 2.45) is 4.99 Å². The number of thiazole rings is 1. The molecule has 0 saturated heterocycles. The van der Waals surface area contributed by atoms with Gasteiger partial charge in [0.1, 0.15) is 6.61 Å². The summed E-state index contributed by atoms with van der Waals surface area (Å²) in [4.78, 5) is 31.8. The Kier molecular flexibility index (Phi) is 7.94. The fourth-order valence-electron chi connectivity index (χ4n) is 5.37. The summed E-state index contributed by atoms with van der Waals surface area (Å²) in [5.74, 6) is 0.705. The van der Waals surface area contributed by atoms with Crippen LogP contribution in [0.25, 0.3) is 16.8 Å². The molecule has 2 heterocycles. The topological polar surface area (TPSA) is 79.1 Å². The highest BCUT2D eigenvalue weighted by Gasteiger charge is 2.32. The Morgan fingerprint density at radius 3 is 2.51 bits per heavy atom. The van der Waals surface area contributed by atoms with E-state index in [4.69, 9.17) is 14.2 Å². The van der Waals surface area contributed by atoms with Crippen molar-refractivity contribution in [1.82, 2.24) is 4.57 Å². The number of esters is 1. The highest BCUT2D eigenvalue weighted by Crippen LogP contribution is 2.32. The summed E-state index contributed by atoms with van der Waals surface area (Å²) in [6.45, 7) is 4.54. The number of benzene rings is 4. The highest BCUT2D eigenvalue weighted by molar-refractivity contribution is 7.07. The van der Waals surface area contributed by atoms with Gasteiger partial charge < -0.3 is 14.2 Å². The van der Waals surface area contributed by atoms with Crippen molar-refractivity contribution in [2.45, 2.75) is 26.5 Å². The van der Waals surface area contributed by atoms with Crippen LogP contribution in [-0.2, 0) is 16.1 Å². The van der Waals surface area contributed by atoms with Crippen LogP contribution in [0.3, 0.4) is 0 Å². The van der Waals surface area contributed by atoms with Crippen LogP contribution in [0.4, 0.5) is 0 Å². The monoisotopic (exact) mass is 590 g/mol. The minimum Gasteiger partial charge on any atom is -0.490 e. The fourth-order valence-corrected chi connectivity index (χ4v) is 6.42. The standard InChI is InChI=1S/C35H30N2O5S/c1-4-41-29-19-23(17-18-28(29)42-21-26-15-10-14-24-11-8-9-16-27(24)26)20-30-33(38)37-32(25-12-6-5-7-13-25)31(34(39)40-3)22(2)36-35(37)43-30/h5-20,32H,4,21H2,1-3H3/b30-20-/t32-/m1/s1. The number of allylic oxidation sites excluding steroid dienone is 1. The van der Waals surface area contributed by atoms with Crippen LogP contribution in [0.2, 0.25) is 0 Å². The van der Waals surface area contributed by atoms with Crippen molar-refractivity contribution in [3.05, 3.63) is 139 Å². The van der Waals surface area contributed by atoms with Crippen molar-refractivity contribution < 1.29 is 19.0 Å². The molecule has 1 aliphatic rings. The molecule has 0 unspecified atom stereocenters. The Morgan fingerprint density at radius 1 is 0.953 bits per heavy atom. The Hall–Kier alpha value is -4.95. The molecule has 1 aromatic heterocycles. The average Bonchev–Trinajstić information content (AvgIpc) is 3.33. The number of ether oxygens (including phenoxy) is 3. The van der Waals surface area contributed by atoms with Crippen LogP contribution < -0.4 is 24.4 Å². The third kappa shape index (κ3) is 5.49. The van der Waals surface area contributed by atoms with E-state index in [1.165, 1.54) is 18.4 Å². The van der Waals surface area contributed by atoms with Gasteiger partial charge >= 0.3 is 5.97 Å². The summed E-state index contributed by atoms with van der Waals surface area (Å²) in [6, 6.07) is 28.9. The molecule has 1 atom stereocenters. The van der Waals surface area contributed by atoms with E-state index in [2.05, 4.69) is 29.3 Å². The largest absolute Gasteiger partial charge is 0.490 e. The van der Waals surface area contributed by atoms with Crippen LogP contribution in [0.1, 0.15) is 36.6 Å². The molecule has 0 bridgehead atoms. The van der Waals surface area contributed by atoms with Crippen molar-refractivity contribution in [1.29, 1.82) is 0 Å². The molecule has 4 aromatic carbocycles. The molecule has 0 saturated carbocycles. The molecule has 5 aromatic rings. The first-order chi connectivity index (χ1) is 21.0. The maximum Gasteiger partial charge on any atom is 0.338 e. The quantitative estimate of drug-likeness (QED) is 0.222. The number of nitrogens with zero attached hydrogens (tertiary/aromatic N) is 2. The van der Waals surface area contributed by atoms with Gasteiger partial charge in [0.2, 0.25) is 0 Å². The first kappa shape index (κ1) is 28.2. The third-order valence-corrected chi connectivity index (χ3v) is 8.35. The Balaban J connectivity index is 1.37. The molecule has 43 heavy (non-hydrogen) atoms. The van der Waals surface area contributed by atoms with Crippen LogP contribution in [0.5, 0.6) is 11.5 Å². The second-order valence-electron chi connectivity index (χ2n) is 10.1. The molecule has 0 spiro atoms. The number of carbonyl (C=O) groups excluding carboxylic acids is 1. The summed E-state index contributed by atoms with van der Waals surface area (Å²) in [7, 11) is 1.33. The zero-order chi connectivity index (χ0) is 29.9. The second kappa shape index (κ2) is 12.1. The van der Waals surface area contributed by atoms with Crippen molar-refractivity contribution in [2.75, 3.05) is 13.7 Å². The lowest BCUT2D eigenvalue weighted by molar-refractivity contribution is -0.136. The molecule has 0 radical (unpaired) electrons. The van der Waals surface area contributed by atoms with Gasteiger partial charge in [0.25, 0.3) is 5.56 Å². The third-order valence-electron chi connectivity index (χ3n) is 7.37. The minimum absolute atomic E-state index is 0.235. The maximum atomic E-state index is 13.9. The number of fused-ring (bicyclic) bond motifs is 2. The van der Waals surface area contributed by atoms with Gasteiger partial charge in [0.15, 0.2) is 16.3 Å². The van der Waals surface area contributed by atoms with E-state index in [0.717, 1.165) is 27.5 Å². The molecular weight excluding hydrogens is 560 g/mol. The molecule has 8 heteroatoms. The normalized spacial score (nSPS) is 14.8. The molecule has 1 aliphatic heterocycles. The SMILES string of the molecule is CCOc1cc(/C=c2\sc3n(c2=O)[C@H](c2ccccc2)C(C(=O)OC)=C(C)N=3)ccc1OCc1cccc2ccccc12. The van der Waals surface area contributed by atoms with E-state index in [9.17, 15) is 9.59 Å². The van der Waals surface area contributed by atoms with Crippen molar-refractivity contribution >= 4 is 34.2 Å². The number of aromatic nitrogens is 1.